The predicted octanol–water partition coefficient (Wildman–Crippen LogP) is 3.36. The van der Waals surface area contributed by atoms with Crippen LogP contribution in [0.25, 0.3) is 0 Å². The summed E-state index contributed by atoms with van der Waals surface area (Å²) in [6.45, 7) is 7.60. The molecule has 4 N–H and O–H groups in total. The molecule has 0 atom stereocenters. The fourth-order valence-corrected chi connectivity index (χ4v) is 2.23. The summed E-state index contributed by atoms with van der Waals surface area (Å²) in [6, 6.07) is 12.0. The van der Waals surface area contributed by atoms with E-state index in [2.05, 4.69) is 10.6 Å². The van der Waals surface area contributed by atoms with Crippen molar-refractivity contribution in [3.63, 3.8) is 0 Å². The molecule has 0 aliphatic rings. The van der Waals surface area contributed by atoms with Gasteiger partial charge < -0.3 is 16.4 Å². The summed E-state index contributed by atoms with van der Waals surface area (Å²) in [6.07, 6.45) is 0. The third kappa shape index (κ3) is 4.59. The Balaban J connectivity index is 2.19. The van der Waals surface area contributed by atoms with Gasteiger partial charge in [-0.1, -0.05) is 12.1 Å². The molecule has 2 amide bonds. The molecule has 0 saturated heterocycles. The van der Waals surface area contributed by atoms with Crippen LogP contribution in [0.15, 0.2) is 42.5 Å². The summed E-state index contributed by atoms with van der Waals surface area (Å²) in [4.78, 5) is 24.7. The molecule has 126 valence electrons. The van der Waals surface area contributed by atoms with Crippen LogP contribution in [0.5, 0.6) is 0 Å². The zero-order chi connectivity index (χ0) is 17.9. The first-order valence-electron chi connectivity index (χ1n) is 7.76. The predicted molar refractivity (Wildman–Crippen MR) is 97.2 cm³/mol. The first-order chi connectivity index (χ1) is 11.2. The number of hydrogen-bond donors (Lipinski definition) is 3. The van der Waals surface area contributed by atoms with Gasteiger partial charge in [-0.05, 0) is 63.6 Å². The molecule has 2 rings (SSSR count). The van der Waals surface area contributed by atoms with Crippen molar-refractivity contribution in [2.75, 3.05) is 11.1 Å². The highest BCUT2D eigenvalue weighted by Gasteiger charge is 2.16. The number of hydrogen-bond acceptors (Lipinski definition) is 3. The Labute approximate surface area is 142 Å². The standard InChI is InChI=1S/C19H23N3O2/c1-12-8-9-14(20)11-16(12)18(24)21-15-7-5-6-13(10-15)17(23)22-19(2,3)4/h5-11H,20H2,1-4H3,(H,21,24)(H,22,23). The third-order valence-electron chi connectivity index (χ3n) is 3.38. The van der Waals surface area contributed by atoms with Crippen LogP contribution >= 0.6 is 0 Å². The Kier molecular flexibility index (Phi) is 4.93. The first kappa shape index (κ1) is 17.5. The lowest BCUT2D eigenvalue weighted by Gasteiger charge is -2.20. The van der Waals surface area contributed by atoms with E-state index in [0.29, 0.717) is 22.5 Å². The second kappa shape index (κ2) is 6.74. The fourth-order valence-electron chi connectivity index (χ4n) is 2.23. The van der Waals surface area contributed by atoms with Crippen molar-refractivity contribution >= 4 is 23.2 Å². The number of nitrogens with one attached hydrogen (secondary N) is 2. The molecule has 0 aliphatic carbocycles. The molecule has 0 fully saturated rings. The van der Waals surface area contributed by atoms with Crippen LogP contribution in [0.4, 0.5) is 11.4 Å². The molecule has 0 unspecified atom stereocenters. The van der Waals surface area contributed by atoms with Crippen molar-refractivity contribution < 1.29 is 9.59 Å². The Morgan fingerprint density at radius 1 is 1.00 bits per heavy atom. The van der Waals surface area contributed by atoms with Crippen molar-refractivity contribution in [1.29, 1.82) is 0 Å². The second-order valence-corrected chi connectivity index (χ2v) is 6.81. The minimum absolute atomic E-state index is 0.182. The molecule has 2 aromatic carbocycles. The highest BCUT2D eigenvalue weighted by Crippen LogP contribution is 2.17. The summed E-state index contributed by atoms with van der Waals surface area (Å²) < 4.78 is 0. The lowest BCUT2D eigenvalue weighted by molar-refractivity contribution is 0.0918. The summed E-state index contributed by atoms with van der Waals surface area (Å²) >= 11 is 0. The van der Waals surface area contributed by atoms with Gasteiger partial charge in [-0.3, -0.25) is 9.59 Å². The van der Waals surface area contributed by atoms with E-state index in [1.807, 2.05) is 27.7 Å². The van der Waals surface area contributed by atoms with E-state index < -0.39 is 0 Å². The maximum Gasteiger partial charge on any atom is 0.256 e. The summed E-state index contributed by atoms with van der Waals surface area (Å²) in [5.41, 5.74) is 8.36. The quantitative estimate of drug-likeness (QED) is 0.757. The van der Waals surface area contributed by atoms with E-state index in [-0.39, 0.29) is 17.4 Å². The number of aryl methyl sites for hydroxylation is 1. The molecule has 24 heavy (non-hydrogen) atoms. The van der Waals surface area contributed by atoms with Crippen molar-refractivity contribution in [2.24, 2.45) is 0 Å². The number of carbonyl (C=O) groups excluding carboxylic acids is 2. The van der Waals surface area contributed by atoms with Gasteiger partial charge in [0.05, 0.1) is 0 Å². The number of benzene rings is 2. The molecule has 0 aromatic heterocycles. The van der Waals surface area contributed by atoms with Gasteiger partial charge in [0, 0.05) is 28.0 Å². The second-order valence-electron chi connectivity index (χ2n) is 6.81. The van der Waals surface area contributed by atoms with Gasteiger partial charge in [0.15, 0.2) is 0 Å². The maximum atomic E-state index is 12.4. The molecule has 5 nitrogen and oxygen atoms in total. The molecule has 0 saturated carbocycles. The molecule has 5 heteroatoms. The van der Waals surface area contributed by atoms with Crippen LogP contribution in [-0.4, -0.2) is 17.4 Å². The van der Waals surface area contributed by atoms with Crippen LogP contribution in [-0.2, 0) is 0 Å². The number of carbonyl (C=O) groups is 2. The van der Waals surface area contributed by atoms with E-state index in [9.17, 15) is 9.59 Å². The number of anilines is 2. The van der Waals surface area contributed by atoms with Crippen LogP contribution in [0.3, 0.4) is 0 Å². The van der Waals surface area contributed by atoms with E-state index in [4.69, 9.17) is 5.73 Å². The Bertz CT molecular complexity index is 776. The van der Waals surface area contributed by atoms with Crippen molar-refractivity contribution in [3.05, 3.63) is 59.2 Å². The maximum absolute atomic E-state index is 12.4. The number of rotatable bonds is 3. The minimum atomic E-state index is -0.324. The lowest BCUT2D eigenvalue weighted by Crippen LogP contribution is -2.40. The molecule has 0 bridgehead atoms. The number of nitrogens with two attached hydrogens (primary N) is 1. The summed E-state index contributed by atoms with van der Waals surface area (Å²) in [7, 11) is 0. The van der Waals surface area contributed by atoms with Gasteiger partial charge in [-0.25, -0.2) is 0 Å². The van der Waals surface area contributed by atoms with Crippen molar-refractivity contribution in [3.8, 4) is 0 Å². The Morgan fingerprint density at radius 3 is 2.38 bits per heavy atom. The zero-order valence-corrected chi connectivity index (χ0v) is 14.4. The third-order valence-corrected chi connectivity index (χ3v) is 3.38. The van der Waals surface area contributed by atoms with Gasteiger partial charge in [0.25, 0.3) is 11.8 Å². The van der Waals surface area contributed by atoms with E-state index in [1.54, 1.807) is 42.5 Å². The number of amides is 2. The Morgan fingerprint density at radius 2 is 1.71 bits per heavy atom. The number of nitrogen functional groups attached to an aromatic ring is 1. The highest BCUT2D eigenvalue weighted by atomic mass is 16.2. The van der Waals surface area contributed by atoms with Gasteiger partial charge >= 0.3 is 0 Å². The van der Waals surface area contributed by atoms with Crippen LogP contribution in [0, 0.1) is 6.92 Å². The van der Waals surface area contributed by atoms with Gasteiger partial charge in [-0.2, -0.15) is 0 Å². The largest absolute Gasteiger partial charge is 0.399 e. The molecule has 0 heterocycles. The molecule has 2 aromatic rings. The van der Waals surface area contributed by atoms with Gasteiger partial charge in [-0.15, -0.1) is 0 Å². The van der Waals surface area contributed by atoms with Gasteiger partial charge in [0.1, 0.15) is 0 Å². The van der Waals surface area contributed by atoms with Crippen LogP contribution < -0.4 is 16.4 Å². The molecule has 0 radical (unpaired) electrons. The van der Waals surface area contributed by atoms with Gasteiger partial charge in [0.2, 0.25) is 0 Å². The molecular formula is C19H23N3O2. The topological polar surface area (TPSA) is 84.2 Å². The van der Waals surface area contributed by atoms with E-state index >= 15 is 0 Å². The average Bonchev–Trinajstić information content (AvgIpc) is 2.48. The smallest absolute Gasteiger partial charge is 0.256 e. The Hall–Kier alpha value is -2.82. The molecular weight excluding hydrogens is 302 g/mol. The van der Waals surface area contributed by atoms with Crippen LogP contribution in [0.1, 0.15) is 47.1 Å². The zero-order valence-electron chi connectivity index (χ0n) is 14.4. The van der Waals surface area contributed by atoms with E-state index in [1.165, 1.54) is 0 Å². The normalized spacial score (nSPS) is 11.0. The monoisotopic (exact) mass is 325 g/mol. The fraction of sp³-hybridized carbons (Fsp3) is 0.263. The lowest BCUT2D eigenvalue weighted by atomic mass is 10.1. The molecule has 0 aliphatic heterocycles. The molecule has 0 spiro atoms. The minimum Gasteiger partial charge on any atom is -0.399 e. The van der Waals surface area contributed by atoms with E-state index in [0.717, 1.165) is 5.56 Å². The highest BCUT2D eigenvalue weighted by molar-refractivity contribution is 6.06. The summed E-state index contributed by atoms with van der Waals surface area (Å²) in [5.74, 6) is -0.438. The SMILES string of the molecule is Cc1ccc(N)cc1C(=O)Nc1cccc(C(=O)NC(C)(C)C)c1. The first-order valence-corrected chi connectivity index (χ1v) is 7.76. The summed E-state index contributed by atoms with van der Waals surface area (Å²) in [5, 5.41) is 5.71. The average molecular weight is 325 g/mol. The van der Waals surface area contributed by atoms with Crippen molar-refractivity contribution in [1.82, 2.24) is 5.32 Å². The van der Waals surface area contributed by atoms with Crippen molar-refractivity contribution in [2.45, 2.75) is 33.2 Å². The van der Waals surface area contributed by atoms with Crippen LogP contribution in [0.2, 0.25) is 0 Å².